The lowest BCUT2D eigenvalue weighted by Gasteiger charge is -2.31. The predicted molar refractivity (Wildman–Crippen MR) is 78.4 cm³/mol. The van der Waals surface area contributed by atoms with E-state index < -0.39 is 0 Å². The zero-order chi connectivity index (χ0) is 13.0. The van der Waals surface area contributed by atoms with Gasteiger partial charge in [0, 0.05) is 24.9 Å². The summed E-state index contributed by atoms with van der Waals surface area (Å²) in [6, 6.07) is 0.577. The third-order valence-electron chi connectivity index (χ3n) is 3.62. The van der Waals surface area contributed by atoms with E-state index in [0.717, 1.165) is 43.7 Å². The Bertz CT molecular complexity index is 296. The van der Waals surface area contributed by atoms with Crippen molar-refractivity contribution in [2.45, 2.75) is 32.9 Å². The summed E-state index contributed by atoms with van der Waals surface area (Å²) in [5.74, 6) is 1.81. The molecule has 0 aliphatic carbocycles. The average Bonchev–Trinajstić information content (AvgIpc) is 2.85. The van der Waals surface area contributed by atoms with Crippen LogP contribution in [0.3, 0.4) is 0 Å². The van der Waals surface area contributed by atoms with E-state index in [-0.39, 0.29) is 6.10 Å². The van der Waals surface area contributed by atoms with Gasteiger partial charge in [0.1, 0.15) is 0 Å². The molecule has 0 amide bonds. The van der Waals surface area contributed by atoms with Crippen molar-refractivity contribution in [1.29, 1.82) is 0 Å². The third kappa shape index (κ3) is 3.87. The maximum absolute atomic E-state index is 5.76. The number of hydrogen-bond acceptors (Lipinski definition) is 4. The van der Waals surface area contributed by atoms with Gasteiger partial charge in [0.25, 0.3) is 0 Å². The lowest BCUT2D eigenvalue weighted by Crippen LogP contribution is -2.43. The SMILES string of the molecule is CCN1CCOC(CN=C2N[C@@H](C(C)C)CS2)C1. The van der Waals surface area contributed by atoms with Crippen LogP contribution in [0.5, 0.6) is 0 Å². The molecule has 18 heavy (non-hydrogen) atoms. The predicted octanol–water partition coefficient (Wildman–Crippen LogP) is 1.42. The first kappa shape index (κ1) is 14.2. The van der Waals surface area contributed by atoms with Gasteiger partial charge in [-0.1, -0.05) is 32.5 Å². The molecule has 1 N–H and O–H groups in total. The van der Waals surface area contributed by atoms with Crippen LogP contribution in [0.1, 0.15) is 20.8 Å². The summed E-state index contributed by atoms with van der Waals surface area (Å²) in [6.45, 7) is 11.5. The Balaban J connectivity index is 1.77. The largest absolute Gasteiger partial charge is 0.374 e. The second-order valence-electron chi connectivity index (χ2n) is 5.34. The van der Waals surface area contributed by atoms with Crippen LogP contribution in [0.15, 0.2) is 4.99 Å². The molecule has 5 heteroatoms. The van der Waals surface area contributed by atoms with Gasteiger partial charge in [0.05, 0.1) is 19.3 Å². The number of thioether (sulfide) groups is 1. The van der Waals surface area contributed by atoms with Crippen LogP contribution in [0.4, 0.5) is 0 Å². The quantitative estimate of drug-likeness (QED) is 0.839. The van der Waals surface area contributed by atoms with Gasteiger partial charge in [-0.15, -0.1) is 0 Å². The molecule has 0 bridgehead atoms. The molecule has 104 valence electrons. The van der Waals surface area contributed by atoms with E-state index in [4.69, 9.17) is 4.74 Å². The number of morpholine rings is 1. The fraction of sp³-hybridized carbons (Fsp3) is 0.923. The molecule has 2 heterocycles. The molecule has 0 radical (unpaired) electrons. The van der Waals surface area contributed by atoms with Crippen LogP contribution >= 0.6 is 11.8 Å². The maximum atomic E-state index is 5.76. The summed E-state index contributed by atoms with van der Waals surface area (Å²) in [5, 5.41) is 4.60. The van der Waals surface area contributed by atoms with E-state index in [1.165, 1.54) is 0 Å². The Morgan fingerprint density at radius 1 is 1.56 bits per heavy atom. The van der Waals surface area contributed by atoms with Crippen molar-refractivity contribution >= 4 is 16.9 Å². The van der Waals surface area contributed by atoms with Gasteiger partial charge in [0.15, 0.2) is 5.17 Å². The van der Waals surface area contributed by atoms with Crippen LogP contribution < -0.4 is 5.32 Å². The lowest BCUT2D eigenvalue weighted by atomic mass is 10.1. The van der Waals surface area contributed by atoms with Gasteiger partial charge in [-0.3, -0.25) is 9.89 Å². The Kier molecular flexibility index (Phi) is 5.33. The Morgan fingerprint density at radius 2 is 2.39 bits per heavy atom. The standard InChI is InChI=1S/C13H25N3OS/c1-4-16-5-6-17-11(8-16)7-14-13-15-12(9-18-13)10(2)3/h10-12H,4-9H2,1-3H3,(H,14,15)/t11?,12-/m1/s1. The highest BCUT2D eigenvalue weighted by Gasteiger charge is 2.24. The maximum Gasteiger partial charge on any atom is 0.156 e. The highest BCUT2D eigenvalue weighted by Crippen LogP contribution is 2.19. The van der Waals surface area contributed by atoms with E-state index in [0.29, 0.717) is 12.0 Å². The second kappa shape index (κ2) is 6.78. The van der Waals surface area contributed by atoms with E-state index in [2.05, 4.69) is 36.0 Å². The highest BCUT2D eigenvalue weighted by molar-refractivity contribution is 8.14. The summed E-state index contributed by atoms with van der Waals surface area (Å²) in [6.07, 6.45) is 0.270. The molecule has 2 aliphatic rings. The topological polar surface area (TPSA) is 36.9 Å². The van der Waals surface area contributed by atoms with Gasteiger partial charge in [-0.25, -0.2) is 0 Å². The van der Waals surface area contributed by atoms with Crippen LogP contribution in [-0.2, 0) is 4.74 Å². The minimum absolute atomic E-state index is 0.270. The van der Waals surface area contributed by atoms with Gasteiger partial charge >= 0.3 is 0 Å². The molecule has 0 aromatic rings. The van der Waals surface area contributed by atoms with Crippen molar-refractivity contribution in [3.05, 3.63) is 0 Å². The normalized spacial score (nSPS) is 32.1. The summed E-state index contributed by atoms with van der Waals surface area (Å²) < 4.78 is 5.76. The molecular weight excluding hydrogens is 246 g/mol. The van der Waals surface area contributed by atoms with Crippen LogP contribution in [-0.4, -0.2) is 60.8 Å². The van der Waals surface area contributed by atoms with E-state index in [9.17, 15) is 0 Å². The van der Waals surface area contributed by atoms with Crippen molar-refractivity contribution in [3.8, 4) is 0 Å². The van der Waals surface area contributed by atoms with Crippen molar-refractivity contribution in [2.24, 2.45) is 10.9 Å². The highest BCUT2D eigenvalue weighted by atomic mass is 32.2. The fourth-order valence-electron chi connectivity index (χ4n) is 2.22. The first-order valence-corrected chi connectivity index (χ1v) is 7.95. The summed E-state index contributed by atoms with van der Waals surface area (Å²) in [5.41, 5.74) is 0. The number of nitrogens with one attached hydrogen (secondary N) is 1. The third-order valence-corrected chi connectivity index (χ3v) is 4.67. The van der Waals surface area contributed by atoms with E-state index in [1.807, 2.05) is 11.8 Å². The fourth-order valence-corrected chi connectivity index (χ4v) is 3.43. The first-order valence-electron chi connectivity index (χ1n) is 6.96. The number of rotatable bonds is 4. The Labute approximate surface area is 115 Å². The second-order valence-corrected chi connectivity index (χ2v) is 6.35. The summed E-state index contributed by atoms with van der Waals surface area (Å²) >= 11 is 1.84. The number of likely N-dealkylation sites (N-methyl/N-ethyl adjacent to an activating group) is 1. The molecule has 2 aliphatic heterocycles. The van der Waals surface area contributed by atoms with Crippen LogP contribution in [0.25, 0.3) is 0 Å². The number of hydrogen-bond donors (Lipinski definition) is 1. The molecule has 0 aromatic carbocycles. The van der Waals surface area contributed by atoms with Gasteiger partial charge in [-0.2, -0.15) is 0 Å². The van der Waals surface area contributed by atoms with Crippen molar-refractivity contribution in [2.75, 3.05) is 38.5 Å². The minimum atomic E-state index is 0.270. The minimum Gasteiger partial charge on any atom is -0.374 e. The molecular formula is C13H25N3OS. The average molecular weight is 271 g/mol. The van der Waals surface area contributed by atoms with Crippen molar-refractivity contribution < 1.29 is 4.74 Å². The number of nitrogens with zero attached hydrogens (tertiary/aromatic N) is 2. The van der Waals surface area contributed by atoms with E-state index >= 15 is 0 Å². The lowest BCUT2D eigenvalue weighted by molar-refractivity contribution is -0.0209. The molecule has 2 rings (SSSR count). The smallest absolute Gasteiger partial charge is 0.156 e. The molecule has 0 aromatic heterocycles. The number of amidine groups is 1. The van der Waals surface area contributed by atoms with E-state index in [1.54, 1.807) is 0 Å². The monoisotopic (exact) mass is 271 g/mol. The van der Waals surface area contributed by atoms with Gasteiger partial charge in [0.2, 0.25) is 0 Å². The summed E-state index contributed by atoms with van der Waals surface area (Å²) in [4.78, 5) is 7.10. The Morgan fingerprint density at radius 3 is 3.06 bits per heavy atom. The molecule has 4 nitrogen and oxygen atoms in total. The summed E-state index contributed by atoms with van der Waals surface area (Å²) in [7, 11) is 0. The molecule has 1 unspecified atom stereocenters. The van der Waals surface area contributed by atoms with Crippen molar-refractivity contribution in [3.63, 3.8) is 0 Å². The van der Waals surface area contributed by atoms with Crippen LogP contribution in [0.2, 0.25) is 0 Å². The molecule has 2 saturated heterocycles. The first-order chi connectivity index (χ1) is 8.69. The molecule has 0 spiro atoms. The molecule has 2 atom stereocenters. The van der Waals surface area contributed by atoms with Gasteiger partial charge < -0.3 is 10.1 Å². The van der Waals surface area contributed by atoms with Crippen LogP contribution in [0, 0.1) is 5.92 Å². The zero-order valence-corrected chi connectivity index (χ0v) is 12.5. The van der Waals surface area contributed by atoms with Crippen molar-refractivity contribution in [1.82, 2.24) is 10.2 Å². The van der Waals surface area contributed by atoms with Gasteiger partial charge in [-0.05, 0) is 12.5 Å². The number of ether oxygens (including phenoxy) is 1. The zero-order valence-electron chi connectivity index (χ0n) is 11.7. The Hall–Kier alpha value is -0.260. The molecule has 0 saturated carbocycles. The number of aliphatic imine (C=N–C) groups is 1. The molecule has 2 fully saturated rings.